The van der Waals surface area contributed by atoms with Crippen LogP contribution in [0.2, 0.25) is 0 Å². The summed E-state index contributed by atoms with van der Waals surface area (Å²) < 4.78 is 16.7. The van der Waals surface area contributed by atoms with Crippen molar-refractivity contribution >= 4 is 5.57 Å². The van der Waals surface area contributed by atoms with Crippen molar-refractivity contribution in [2.24, 2.45) is 5.92 Å². The highest BCUT2D eigenvalue weighted by Crippen LogP contribution is 2.52. The number of allylic oxidation sites excluding steroid dienone is 2. The number of aliphatic hydroxyl groups is 1. The molecule has 0 aromatic heterocycles. The second kappa shape index (κ2) is 6.68. The van der Waals surface area contributed by atoms with E-state index in [9.17, 15) is 5.11 Å². The molecule has 4 unspecified atom stereocenters. The van der Waals surface area contributed by atoms with Crippen molar-refractivity contribution in [2.75, 3.05) is 34.4 Å². The normalized spacial score (nSPS) is 31.1. The SMILES string of the molecule is COC1=CC2C3=C(c4ccc(OC)cc4C2C=C1OC)C(O)C1CCCN1C3. The van der Waals surface area contributed by atoms with E-state index in [0.29, 0.717) is 0 Å². The van der Waals surface area contributed by atoms with Crippen LogP contribution < -0.4 is 4.74 Å². The fourth-order valence-electron chi connectivity index (χ4n) is 5.53. The predicted octanol–water partition coefficient (Wildman–Crippen LogP) is 3.08. The van der Waals surface area contributed by atoms with Crippen LogP contribution in [0.5, 0.6) is 5.75 Å². The summed E-state index contributed by atoms with van der Waals surface area (Å²) in [7, 11) is 5.05. The summed E-state index contributed by atoms with van der Waals surface area (Å²) in [6.07, 6.45) is 6.09. The first-order valence-electron chi connectivity index (χ1n) is 10.0. The molecular formula is C23H27NO4. The molecular weight excluding hydrogens is 354 g/mol. The molecule has 5 rings (SSSR count). The lowest BCUT2D eigenvalue weighted by Gasteiger charge is -2.45. The van der Waals surface area contributed by atoms with E-state index in [4.69, 9.17) is 14.2 Å². The number of aliphatic hydroxyl groups excluding tert-OH is 1. The summed E-state index contributed by atoms with van der Waals surface area (Å²) in [5.74, 6) is 2.66. The minimum absolute atomic E-state index is 0.143. The molecule has 0 radical (unpaired) electrons. The summed E-state index contributed by atoms with van der Waals surface area (Å²) in [5, 5.41) is 11.3. The molecule has 0 spiro atoms. The Kier molecular flexibility index (Phi) is 4.25. The molecule has 0 amide bonds. The third-order valence-electron chi connectivity index (χ3n) is 6.84. The van der Waals surface area contributed by atoms with Crippen molar-refractivity contribution < 1.29 is 19.3 Å². The maximum absolute atomic E-state index is 11.3. The van der Waals surface area contributed by atoms with E-state index in [1.54, 1.807) is 21.3 Å². The van der Waals surface area contributed by atoms with Crippen LogP contribution in [-0.4, -0.2) is 56.6 Å². The number of hydrogen-bond acceptors (Lipinski definition) is 5. The van der Waals surface area contributed by atoms with E-state index < -0.39 is 6.10 Å². The van der Waals surface area contributed by atoms with Crippen LogP contribution in [-0.2, 0) is 9.47 Å². The molecule has 2 heterocycles. The van der Waals surface area contributed by atoms with Crippen molar-refractivity contribution in [2.45, 2.75) is 30.9 Å². The Labute approximate surface area is 165 Å². The van der Waals surface area contributed by atoms with Crippen molar-refractivity contribution in [3.8, 4) is 5.75 Å². The molecule has 1 N–H and O–H groups in total. The zero-order valence-electron chi connectivity index (χ0n) is 16.6. The third kappa shape index (κ3) is 2.46. The van der Waals surface area contributed by atoms with Crippen LogP contribution in [0.15, 0.2) is 47.4 Å². The van der Waals surface area contributed by atoms with E-state index in [-0.39, 0.29) is 17.9 Å². The second-order valence-electron chi connectivity index (χ2n) is 8.04. The maximum Gasteiger partial charge on any atom is 0.157 e. The molecule has 5 heteroatoms. The van der Waals surface area contributed by atoms with Crippen LogP contribution in [0, 0.1) is 5.92 Å². The molecule has 1 fully saturated rings. The lowest BCUT2D eigenvalue weighted by molar-refractivity contribution is 0.105. The molecule has 0 bridgehead atoms. The molecule has 0 saturated carbocycles. The first-order valence-corrected chi connectivity index (χ1v) is 10.0. The number of rotatable bonds is 3. The molecule has 28 heavy (non-hydrogen) atoms. The second-order valence-corrected chi connectivity index (χ2v) is 8.04. The average molecular weight is 381 g/mol. The quantitative estimate of drug-likeness (QED) is 0.872. The molecule has 5 nitrogen and oxygen atoms in total. The lowest BCUT2D eigenvalue weighted by Crippen LogP contribution is -2.48. The maximum atomic E-state index is 11.3. The Hall–Kier alpha value is -2.24. The number of nitrogens with zero attached hydrogens (tertiary/aromatic N) is 1. The van der Waals surface area contributed by atoms with Gasteiger partial charge in [-0.05, 0) is 65.9 Å². The van der Waals surface area contributed by atoms with Gasteiger partial charge in [-0.1, -0.05) is 6.07 Å². The Balaban J connectivity index is 1.72. The summed E-state index contributed by atoms with van der Waals surface area (Å²) in [6.45, 7) is 1.97. The number of methoxy groups -OCH3 is 3. The van der Waals surface area contributed by atoms with Crippen LogP contribution in [0.4, 0.5) is 0 Å². The number of fused-ring (bicyclic) bond motifs is 6. The molecule has 2 aliphatic heterocycles. The van der Waals surface area contributed by atoms with Gasteiger partial charge in [0.05, 0.1) is 27.4 Å². The Morgan fingerprint density at radius 2 is 1.75 bits per heavy atom. The van der Waals surface area contributed by atoms with Gasteiger partial charge in [0.1, 0.15) is 5.75 Å². The van der Waals surface area contributed by atoms with Gasteiger partial charge in [-0.25, -0.2) is 0 Å². The van der Waals surface area contributed by atoms with Gasteiger partial charge in [0.2, 0.25) is 0 Å². The van der Waals surface area contributed by atoms with Crippen LogP contribution in [0.1, 0.15) is 29.9 Å². The highest BCUT2D eigenvalue weighted by molar-refractivity contribution is 5.80. The molecule has 1 aromatic rings. The number of ether oxygens (including phenoxy) is 3. The van der Waals surface area contributed by atoms with Crippen molar-refractivity contribution in [3.05, 3.63) is 58.6 Å². The zero-order valence-corrected chi connectivity index (χ0v) is 16.6. The summed E-state index contributed by atoms with van der Waals surface area (Å²) in [4.78, 5) is 2.45. The molecule has 148 valence electrons. The van der Waals surface area contributed by atoms with Gasteiger partial charge in [0.25, 0.3) is 0 Å². The van der Waals surface area contributed by atoms with Gasteiger partial charge in [-0.2, -0.15) is 0 Å². The third-order valence-corrected chi connectivity index (χ3v) is 6.84. The van der Waals surface area contributed by atoms with Gasteiger partial charge in [-0.15, -0.1) is 0 Å². The van der Waals surface area contributed by atoms with Crippen LogP contribution >= 0.6 is 0 Å². The summed E-state index contributed by atoms with van der Waals surface area (Å²) in [6, 6.07) is 6.45. The number of benzene rings is 1. The van der Waals surface area contributed by atoms with E-state index in [1.807, 2.05) is 6.07 Å². The highest BCUT2D eigenvalue weighted by atomic mass is 16.5. The minimum Gasteiger partial charge on any atom is -0.497 e. The topological polar surface area (TPSA) is 51.2 Å². The van der Waals surface area contributed by atoms with Gasteiger partial charge in [-0.3, -0.25) is 4.90 Å². The standard InChI is InChI=1S/C23H27NO4/c1-26-13-6-7-14-15(9-13)16-10-20(27-2)21(28-3)11-17(16)18-12-24-8-4-5-19(24)23(25)22(14)18/h6-7,9-11,16-17,19,23,25H,4-5,8,12H2,1-3H3. The molecule has 1 saturated heterocycles. The minimum atomic E-state index is -0.452. The van der Waals surface area contributed by atoms with Crippen molar-refractivity contribution in [1.82, 2.24) is 4.90 Å². The van der Waals surface area contributed by atoms with Crippen molar-refractivity contribution in [3.63, 3.8) is 0 Å². The summed E-state index contributed by atoms with van der Waals surface area (Å²) >= 11 is 0. The van der Waals surface area contributed by atoms with Gasteiger partial charge < -0.3 is 19.3 Å². The zero-order chi connectivity index (χ0) is 19.4. The lowest BCUT2D eigenvalue weighted by atomic mass is 9.66. The Bertz CT molecular complexity index is 900. The average Bonchev–Trinajstić information content (AvgIpc) is 3.21. The Morgan fingerprint density at radius 1 is 1.00 bits per heavy atom. The molecule has 4 atom stereocenters. The van der Waals surface area contributed by atoms with Crippen LogP contribution in [0.25, 0.3) is 5.57 Å². The van der Waals surface area contributed by atoms with Crippen molar-refractivity contribution in [1.29, 1.82) is 0 Å². The van der Waals surface area contributed by atoms with Crippen LogP contribution in [0.3, 0.4) is 0 Å². The fraction of sp³-hybridized carbons (Fsp3) is 0.478. The largest absolute Gasteiger partial charge is 0.497 e. The van der Waals surface area contributed by atoms with E-state index in [2.05, 4.69) is 29.2 Å². The first kappa shape index (κ1) is 17.8. The van der Waals surface area contributed by atoms with E-state index >= 15 is 0 Å². The Morgan fingerprint density at radius 3 is 2.46 bits per heavy atom. The van der Waals surface area contributed by atoms with E-state index in [0.717, 1.165) is 54.3 Å². The molecule has 2 aliphatic carbocycles. The predicted molar refractivity (Wildman–Crippen MR) is 107 cm³/mol. The smallest absolute Gasteiger partial charge is 0.157 e. The van der Waals surface area contributed by atoms with Gasteiger partial charge in [0, 0.05) is 24.4 Å². The summed E-state index contributed by atoms with van der Waals surface area (Å²) in [5.41, 5.74) is 4.77. The van der Waals surface area contributed by atoms with Gasteiger partial charge >= 0.3 is 0 Å². The molecule has 1 aromatic carbocycles. The highest BCUT2D eigenvalue weighted by Gasteiger charge is 2.46. The molecule has 4 aliphatic rings. The monoisotopic (exact) mass is 381 g/mol. The van der Waals surface area contributed by atoms with Gasteiger partial charge in [0.15, 0.2) is 11.5 Å². The first-order chi connectivity index (χ1) is 13.7. The number of hydrogen-bond donors (Lipinski definition) is 1. The fourth-order valence-corrected chi connectivity index (χ4v) is 5.53. The van der Waals surface area contributed by atoms with E-state index in [1.165, 1.54) is 11.1 Å².